The Balaban J connectivity index is 1.77. The fourth-order valence-corrected chi connectivity index (χ4v) is 7.16. The monoisotopic (exact) mass is 673 g/mol. The van der Waals surface area contributed by atoms with Crippen molar-refractivity contribution in [1.29, 1.82) is 0 Å². The van der Waals surface area contributed by atoms with Crippen LogP contribution < -0.4 is 16.0 Å². The zero-order valence-corrected chi connectivity index (χ0v) is 30.6. The first kappa shape index (κ1) is 39.0. The molecule has 0 radical (unpaired) electrons. The van der Waals surface area contributed by atoms with Crippen molar-refractivity contribution in [3.8, 4) is 0 Å². The number of ketones is 1. The van der Waals surface area contributed by atoms with Crippen LogP contribution in [0.15, 0.2) is 12.7 Å². The Bertz CT molecular complexity index is 1240. The van der Waals surface area contributed by atoms with Crippen molar-refractivity contribution in [3.63, 3.8) is 0 Å². The van der Waals surface area contributed by atoms with Gasteiger partial charge in [0.25, 0.3) is 5.91 Å². The number of ether oxygens (including phenoxy) is 1. The summed E-state index contributed by atoms with van der Waals surface area (Å²) in [4.78, 5) is 83.3. The molecule has 48 heavy (non-hydrogen) atoms. The highest BCUT2D eigenvalue weighted by atomic mass is 16.6. The maximum Gasteiger partial charge on any atom is 0.408 e. The molecule has 270 valence electrons. The molecule has 5 unspecified atom stereocenters. The van der Waals surface area contributed by atoms with Gasteiger partial charge in [-0.1, -0.05) is 39.2 Å². The second kappa shape index (κ2) is 15.4. The van der Waals surface area contributed by atoms with Gasteiger partial charge in [0.15, 0.2) is 0 Å². The lowest BCUT2D eigenvalue weighted by molar-refractivity contribution is -0.145. The number of piperidine rings is 1. The number of likely N-dealkylation sites (tertiary alicyclic amines) is 1. The van der Waals surface area contributed by atoms with Crippen LogP contribution in [0, 0.1) is 23.2 Å². The Kier molecular flexibility index (Phi) is 12.5. The van der Waals surface area contributed by atoms with Gasteiger partial charge in [-0.05, 0) is 90.4 Å². The summed E-state index contributed by atoms with van der Waals surface area (Å²) in [5.74, 6) is -2.86. The lowest BCUT2D eigenvalue weighted by atomic mass is 9.83. The molecule has 0 aromatic rings. The molecule has 3 N–H and O–H groups in total. The lowest BCUT2D eigenvalue weighted by Crippen LogP contribution is -2.60. The maximum absolute atomic E-state index is 14.3. The van der Waals surface area contributed by atoms with Crippen molar-refractivity contribution in [1.82, 2.24) is 25.8 Å². The summed E-state index contributed by atoms with van der Waals surface area (Å²) in [7, 11) is 1.68. The predicted molar refractivity (Wildman–Crippen MR) is 183 cm³/mol. The number of hydrogen-bond donors (Lipinski definition) is 3. The first-order valence-corrected chi connectivity index (χ1v) is 17.5. The topological polar surface area (TPSA) is 154 Å². The third kappa shape index (κ3) is 9.59. The Morgan fingerprint density at radius 1 is 1.00 bits per heavy atom. The SMILES string of the molecule is C=CCCC(NC(=O)C1C2C(CN1C(=O)C(NC(=O)OC(C)(C)C)C1CCCCC1)C2(C)C)C(=O)C(=O)NCCC(=O)N(C)C(C)(C)C. The van der Waals surface area contributed by atoms with Crippen LogP contribution in [-0.2, 0) is 28.7 Å². The molecule has 2 saturated carbocycles. The molecule has 3 aliphatic rings. The van der Waals surface area contributed by atoms with E-state index in [0.717, 1.165) is 32.1 Å². The third-order valence-electron chi connectivity index (χ3n) is 10.3. The van der Waals surface area contributed by atoms with E-state index in [1.165, 1.54) is 0 Å². The van der Waals surface area contributed by atoms with E-state index < -0.39 is 47.4 Å². The molecule has 0 bridgehead atoms. The van der Waals surface area contributed by atoms with Gasteiger partial charge in [0.1, 0.15) is 17.7 Å². The Hall–Kier alpha value is -3.44. The van der Waals surface area contributed by atoms with Crippen LogP contribution in [0.3, 0.4) is 0 Å². The number of alkyl carbamates (subject to hydrolysis) is 1. The van der Waals surface area contributed by atoms with E-state index in [1.807, 2.05) is 20.8 Å². The summed E-state index contributed by atoms with van der Waals surface area (Å²) < 4.78 is 5.51. The number of hydrogen-bond acceptors (Lipinski definition) is 7. The van der Waals surface area contributed by atoms with Gasteiger partial charge in [0.05, 0.1) is 6.04 Å². The predicted octanol–water partition coefficient (Wildman–Crippen LogP) is 3.73. The van der Waals surface area contributed by atoms with E-state index in [1.54, 1.807) is 43.7 Å². The van der Waals surface area contributed by atoms with E-state index in [0.29, 0.717) is 13.0 Å². The molecule has 2 aliphatic carbocycles. The number of fused-ring (bicyclic) bond motifs is 1. The molecular formula is C36H59N5O7. The first-order chi connectivity index (χ1) is 22.2. The fraction of sp³-hybridized carbons (Fsp3) is 0.778. The summed E-state index contributed by atoms with van der Waals surface area (Å²) in [6.07, 6.45) is 5.98. The van der Waals surface area contributed by atoms with Gasteiger partial charge in [-0.2, -0.15) is 0 Å². The average molecular weight is 674 g/mol. The zero-order chi connectivity index (χ0) is 36.2. The van der Waals surface area contributed by atoms with Crippen LogP contribution in [-0.4, -0.2) is 94.7 Å². The molecule has 12 heteroatoms. The van der Waals surface area contributed by atoms with E-state index >= 15 is 0 Å². The molecule has 1 aliphatic heterocycles. The summed E-state index contributed by atoms with van der Waals surface area (Å²) in [5, 5.41) is 8.18. The minimum Gasteiger partial charge on any atom is -0.444 e. The number of nitrogens with zero attached hydrogens (tertiary/aromatic N) is 2. The summed E-state index contributed by atoms with van der Waals surface area (Å²) in [6.45, 7) is 19.2. The quantitative estimate of drug-likeness (QED) is 0.199. The molecule has 5 amide bonds. The molecule has 0 aromatic heterocycles. The molecular weight excluding hydrogens is 614 g/mol. The zero-order valence-electron chi connectivity index (χ0n) is 30.6. The standard InChI is InChI=1S/C36H59N5O7/c1-11-12-18-24(29(43)31(45)37-20-19-25(42)40(10)34(2,3)4)38-30(44)28-26-23(36(26,8)9)21-41(28)32(46)27(22-16-14-13-15-17-22)39-33(47)48-35(5,6)7/h11,22-24,26-28H,1,12-21H2,2-10H3,(H,37,45)(H,38,44)(H,39,47). The number of amides is 5. The molecule has 12 nitrogen and oxygen atoms in total. The second-order valence-electron chi connectivity index (χ2n) is 16.3. The van der Waals surface area contributed by atoms with E-state index in [4.69, 9.17) is 4.74 Å². The molecule has 1 saturated heterocycles. The summed E-state index contributed by atoms with van der Waals surface area (Å²) in [6, 6.07) is -2.85. The average Bonchev–Trinajstić information content (AvgIpc) is 3.31. The number of carbonyl (C=O) groups is 6. The van der Waals surface area contributed by atoms with Crippen molar-refractivity contribution >= 4 is 35.5 Å². The van der Waals surface area contributed by atoms with Crippen LogP contribution in [0.2, 0.25) is 0 Å². The van der Waals surface area contributed by atoms with Crippen molar-refractivity contribution < 1.29 is 33.5 Å². The van der Waals surface area contributed by atoms with Gasteiger partial charge in [0, 0.05) is 32.1 Å². The van der Waals surface area contributed by atoms with Crippen LogP contribution in [0.5, 0.6) is 0 Å². The summed E-state index contributed by atoms with van der Waals surface area (Å²) >= 11 is 0. The van der Waals surface area contributed by atoms with Gasteiger partial charge in [-0.25, -0.2) is 4.79 Å². The Morgan fingerprint density at radius 3 is 2.19 bits per heavy atom. The summed E-state index contributed by atoms with van der Waals surface area (Å²) in [5.41, 5.74) is -1.32. The maximum atomic E-state index is 14.3. The van der Waals surface area contributed by atoms with Crippen LogP contribution in [0.1, 0.15) is 107 Å². The van der Waals surface area contributed by atoms with E-state index in [2.05, 4.69) is 36.4 Å². The van der Waals surface area contributed by atoms with E-state index in [-0.39, 0.29) is 59.9 Å². The molecule has 0 spiro atoms. The molecule has 5 atom stereocenters. The van der Waals surface area contributed by atoms with Crippen LogP contribution >= 0.6 is 0 Å². The van der Waals surface area contributed by atoms with E-state index in [9.17, 15) is 28.8 Å². The Labute approximate surface area is 286 Å². The van der Waals surface area contributed by atoms with Gasteiger partial charge >= 0.3 is 6.09 Å². The highest BCUT2D eigenvalue weighted by molar-refractivity contribution is 6.38. The fourth-order valence-electron chi connectivity index (χ4n) is 7.16. The molecule has 3 fully saturated rings. The smallest absolute Gasteiger partial charge is 0.408 e. The van der Waals surface area contributed by atoms with Gasteiger partial charge in [-0.3, -0.25) is 24.0 Å². The highest BCUT2D eigenvalue weighted by Gasteiger charge is 2.69. The molecule has 1 heterocycles. The van der Waals surface area contributed by atoms with Crippen molar-refractivity contribution in [2.24, 2.45) is 23.2 Å². The van der Waals surface area contributed by atoms with Crippen LogP contribution in [0.25, 0.3) is 0 Å². The highest BCUT2D eigenvalue weighted by Crippen LogP contribution is 2.65. The number of carbonyl (C=O) groups excluding carboxylic acids is 6. The normalized spacial score (nSPS) is 23.2. The number of rotatable bonds is 13. The van der Waals surface area contributed by atoms with Crippen molar-refractivity contribution in [3.05, 3.63) is 12.7 Å². The number of allylic oxidation sites excluding steroid dienone is 1. The van der Waals surface area contributed by atoms with Crippen molar-refractivity contribution in [2.75, 3.05) is 20.1 Å². The van der Waals surface area contributed by atoms with Gasteiger partial charge in [0.2, 0.25) is 23.5 Å². The number of Topliss-reactive ketones (excluding diaryl/α,β-unsaturated/α-hetero) is 1. The minimum atomic E-state index is -1.14. The number of nitrogens with one attached hydrogen (secondary N) is 3. The molecule has 3 rings (SSSR count). The largest absolute Gasteiger partial charge is 0.444 e. The molecule has 0 aromatic carbocycles. The lowest BCUT2D eigenvalue weighted by Gasteiger charge is -2.37. The minimum absolute atomic E-state index is 0.0211. The second-order valence-corrected chi connectivity index (χ2v) is 16.3. The van der Waals surface area contributed by atoms with Gasteiger partial charge < -0.3 is 30.5 Å². The van der Waals surface area contributed by atoms with Crippen LogP contribution in [0.4, 0.5) is 4.79 Å². The Morgan fingerprint density at radius 2 is 1.62 bits per heavy atom. The third-order valence-corrected chi connectivity index (χ3v) is 10.3. The van der Waals surface area contributed by atoms with Crippen molar-refractivity contribution in [2.45, 2.75) is 136 Å². The van der Waals surface area contributed by atoms with Gasteiger partial charge in [-0.15, -0.1) is 6.58 Å². The first-order valence-electron chi connectivity index (χ1n) is 17.5.